The molecule has 2 fully saturated rings. The van der Waals surface area contributed by atoms with Crippen molar-refractivity contribution >= 4 is 5.91 Å². The SMILES string of the molecule is O=C1CCCN1CCNCc1ccccc1OC[C@H](O)CN1CCCCC1. The summed E-state index contributed by atoms with van der Waals surface area (Å²) in [5.74, 6) is 1.09. The maximum Gasteiger partial charge on any atom is 0.222 e. The summed E-state index contributed by atoms with van der Waals surface area (Å²) < 4.78 is 5.91. The Kier molecular flexibility index (Phi) is 7.93. The van der Waals surface area contributed by atoms with Gasteiger partial charge in [0, 0.05) is 44.7 Å². The van der Waals surface area contributed by atoms with E-state index in [0.717, 1.165) is 50.5 Å². The number of aliphatic hydroxyl groups excluding tert-OH is 1. The zero-order valence-corrected chi connectivity index (χ0v) is 16.2. The van der Waals surface area contributed by atoms with Crippen LogP contribution in [0.25, 0.3) is 0 Å². The molecule has 1 amide bonds. The van der Waals surface area contributed by atoms with Gasteiger partial charge in [0.25, 0.3) is 0 Å². The highest BCUT2D eigenvalue weighted by Crippen LogP contribution is 2.18. The van der Waals surface area contributed by atoms with Crippen LogP contribution in [0.2, 0.25) is 0 Å². The Hall–Kier alpha value is -1.63. The van der Waals surface area contributed by atoms with Crippen LogP contribution in [0.4, 0.5) is 0 Å². The van der Waals surface area contributed by atoms with Gasteiger partial charge in [0.05, 0.1) is 0 Å². The first-order valence-electron chi connectivity index (χ1n) is 10.3. The van der Waals surface area contributed by atoms with Crippen molar-refractivity contribution in [2.75, 3.05) is 45.9 Å². The van der Waals surface area contributed by atoms with Crippen molar-refractivity contribution in [3.05, 3.63) is 29.8 Å². The van der Waals surface area contributed by atoms with Crippen molar-refractivity contribution < 1.29 is 14.6 Å². The van der Waals surface area contributed by atoms with Crippen molar-refractivity contribution in [3.8, 4) is 5.75 Å². The number of benzene rings is 1. The fraction of sp³-hybridized carbons (Fsp3) is 0.667. The summed E-state index contributed by atoms with van der Waals surface area (Å²) in [4.78, 5) is 15.9. The van der Waals surface area contributed by atoms with E-state index in [2.05, 4.69) is 10.2 Å². The van der Waals surface area contributed by atoms with Gasteiger partial charge in [-0.1, -0.05) is 24.6 Å². The molecule has 1 aromatic carbocycles. The van der Waals surface area contributed by atoms with E-state index in [1.807, 2.05) is 29.2 Å². The summed E-state index contributed by atoms with van der Waals surface area (Å²) in [5, 5.41) is 13.7. The Morgan fingerprint density at radius 1 is 1.11 bits per heavy atom. The number of hydrogen-bond donors (Lipinski definition) is 2. The summed E-state index contributed by atoms with van der Waals surface area (Å²) in [6.45, 7) is 6.28. The molecule has 0 spiro atoms. The van der Waals surface area contributed by atoms with Crippen LogP contribution in [0.5, 0.6) is 5.75 Å². The molecule has 1 aromatic rings. The molecular weight excluding hydrogens is 342 g/mol. The first kappa shape index (κ1) is 20.1. The van der Waals surface area contributed by atoms with Crippen LogP contribution in [0.3, 0.4) is 0 Å². The third-order valence-electron chi connectivity index (χ3n) is 5.37. The van der Waals surface area contributed by atoms with Crippen LogP contribution in [0.15, 0.2) is 24.3 Å². The standard InChI is InChI=1S/C21H33N3O3/c25-19(16-23-11-4-1-5-12-23)17-27-20-8-3-2-7-18(20)15-22-10-14-24-13-6-9-21(24)26/h2-3,7-8,19,22,25H,1,4-6,9-17H2/t19-/m1/s1. The zero-order valence-electron chi connectivity index (χ0n) is 16.2. The van der Waals surface area contributed by atoms with Gasteiger partial charge in [0.15, 0.2) is 0 Å². The number of rotatable bonds is 10. The Morgan fingerprint density at radius 2 is 1.93 bits per heavy atom. The summed E-state index contributed by atoms with van der Waals surface area (Å²) in [7, 11) is 0. The fourth-order valence-electron chi connectivity index (χ4n) is 3.85. The number of carbonyl (C=O) groups is 1. The van der Waals surface area contributed by atoms with Gasteiger partial charge in [-0.25, -0.2) is 0 Å². The van der Waals surface area contributed by atoms with E-state index < -0.39 is 6.10 Å². The summed E-state index contributed by atoms with van der Waals surface area (Å²) in [6, 6.07) is 7.95. The monoisotopic (exact) mass is 375 g/mol. The van der Waals surface area contributed by atoms with Crippen LogP contribution < -0.4 is 10.1 Å². The average molecular weight is 376 g/mol. The highest BCUT2D eigenvalue weighted by Gasteiger charge is 2.19. The average Bonchev–Trinajstić information content (AvgIpc) is 3.10. The number of likely N-dealkylation sites (tertiary alicyclic amines) is 2. The number of hydrogen-bond acceptors (Lipinski definition) is 5. The van der Waals surface area contributed by atoms with Crippen LogP contribution in [0.1, 0.15) is 37.7 Å². The summed E-state index contributed by atoms with van der Waals surface area (Å²) in [5.41, 5.74) is 1.08. The largest absolute Gasteiger partial charge is 0.491 e. The predicted octanol–water partition coefficient (Wildman–Crippen LogP) is 1.62. The van der Waals surface area contributed by atoms with Crippen LogP contribution in [-0.2, 0) is 11.3 Å². The molecule has 27 heavy (non-hydrogen) atoms. The van der Waals surface area contributed by atoms with E-state index >= 15 is 0 Å². The molecule has 0 aliphatic carbocycles. The van der Waals surface area contributed by atoms with E-state index in [1.54, 1.807) is 0 Å². The van der Waals surface area contributed by atoms with Crippen molar-refractivity contribution in [1.29, 1.82) is 0 Å². The smallest absolute Gasteiger partial charge is 0.222 e. The molecular formula is C21H33N3O3. The number of β-amino-alcohol motifs (C(OH)–C–C–N with tert-alkyl or cyclic N) is 1. The lowest BCUT2D eigenvalue weighted by Gasteiger charge is -2.28. The molecule has 0 unspecified atom stereocenters. The number of para-hydroxylation sites is 1. The van der Waals surface area contributed by atoms with E-state index in [9.17, 15) is 9.90 Å². The number of piperidine rings is 1. The second-order valence-electron chi connectivity index (χ2n) is 7.59. The lowest BCUT2D eigenvalue weighted by molar-refractivity contribution is -0.127. The van der Waals surface area contributed by atoms with Gasteiger partial charge in [0.2, 0.25) is 5.91 Å². The van der Waals surface area contributed by atoms with Crippen molar-refractivity contribution in [2.24, 2.45) is 0 Å². The van der Waals surface area contributed by atoms with Crippen molar-refractivity contribution in [3.63, 3.8) is 0 Å². The van der Waals surface area contributed by atoms with Gasteiger partial charge in [-0.05, 0) is 38.4 Å². The lowest BCUT2D eigenvalue weighted by atomic mass is 10.1. The summed E-state index contributed by atoms with van der Waals surface area (Å²) >= 11 is 0. The molecule has 2 N–H and O–H groups in total. The maximum absolute atomic E-state index is 11.6. The summed E-state index contributed by atoms with van der Waals surface area (Å²) in [6.07, 6.45) is 4.96. The van der Waals surface area contributed by atoms with E-state index in [1.165, 1.54) is 19.3 Å². The van der Waals surface area contributed by atoms with E-state index in [0.29, 0.717) is 26.1 Å². The molecule has 6 heteroatoms. The molecule has 2 aliphatic heterocycles. The number of nitrogens with zero attached hydrogens (tertiary/aromatic N) is 2. The molecule has 0 bridgehead atoms. The number of ether oxygens (including phenoxy) is 1. The Morgan fingerprint density at radius 3 is 2.70 bits per heavy atom. The number of aliphatic hydroxyl groups is 1. The van der Waals surface area contributed by atoms with Crippen LogP contribution in [-0.4, -0.2) is 72.8 Å². The minimum atomic E-state index is -0.467. The van der Waals surface area contributed by atoms with E-state index in [4.69, 9.17) is 4.74 Å². The molecule has 0 radical (unpaired) electrons. The normalized spacial score (nSPS) is 19.4. The molecule has 2 saturated heterocycles. The number of carbonyl (C=O) groups excluding carboxylic acids is 1. The minimum Gasteiger partial charge on any atom is -0.491 e. The number of nitrogens with one attached hydrogen (secondary N) is 1. The minimum absolute atomic E-state index is 0.267. The fourth-order valence-corrected chi connectivity index (χ4v) is 3.85. The Bertz CT molecular complexity index is 590. The second kappa shape index (κ2) is 10.6. The van der Waals surface area contributed by atoms with Crippen LogP contribution >= 0.6 is 0 Å². The van der Waals surface area contributed by atoms with E-state index in [-0.39, 0.29) is 5.91 Å². The van der Waals surface area contributed by atoms with Crippen LogP contribution in [0, 0.1) is 0 Å². The molecule has 0 saturated carbocycles. The first-order valence-corrected chi connectivity index (χ1v) is 10.3. The van der Waals surface area contributed by atoms with Gasteiger partial charge in [-0.2, -0.15) is 0 Å². The third kappa shape index (κ3) is 6.48. The predicted molar refractivity (Wildman–Crippen MR) is 106 cm³/mol. The number of amides is 1. The Balaban J connectivity index is 1.39. The zero-order chi connectivity index (χ0) is 18.9. The molecule has 6 nitrogen and oxygen atoms in total. The van der Waals surface area contributed by atoms with Crippen molar-refractivity contribution in [2.45, 2.75) is 44.8 Å². The third-order valence-corrected chi connectivity index (χ3v) is 5.37. The highest BCUT2D eigenvalue weighted by atomic mass is 16.5. The van der Waals surface area contributed by atoms with Crippen molar-refractivity contribution in [1.82, 2.24) is 15.1 Å². The Labute approximate surface area is 162 Å². The van der Waals surface area contributed by atoms with Gasteiger partial charge < -0.3 is 25.0 Å². The molecule has 2 heterocycles. The maximum atomic E-state index is 11.6. The lowest BCUT2D eigenvalue weighted by Crippen LogP contribution is -2.38. The van der Waals surface area contributed by atoms with Gasteiger partial charge in [0.1, 0.15) is 18.5 Å². The first-order chi connectivity index (χ1) is 13.2. The molecule has 150 valence electrons. The molecule has 2 aliphatic rings. The highest BCUT2D eigenvalue weighted by molar-refractivity contribution is 5.78. The molecule has 0 aromatic heterocycles. The molecule has 1 atom stereocenters. The topological polar surface area (TPSA) is 65.0 Å². The second-order valence-corrected chi connectivity index (χ2v) is 7.59. The van der Waals surface area contributed by atoms with Gasteiger partial charge >= 0.3 is 0 Å². The van der Waals surface area contributed by atoms with Gasteiger partial charge in [-0.15, -0.1) is 0 Å². The molecule has 3 rings (SSSR count). The quantitative estimate of drug-likeness (QED) is 0.609. The van der Waals surface area contributed by atoms with Gasteiger partial charge in [-0.3, -0.25) is 4.79 Å².